The molecule has 138 valence electrons. The minimum Gasteiger partial charge on any atom is -0.319 e. The fourth-order valence-electron chi connectivity index (χ4n) is 2.97. The van der Waals surface area contributed by atoms with E-state index in [0.29, 0.717) is 21.2 Å². The minimum atomic E-state index is -1.28. The van der Waals surface area contributed by atoms with Crippen LogP contribution in [0.5, 0.6) is 0 Å². The monoisotopic (exact) mass is 422 g/mol. The molecule has 1 N–H and O–H groups in total. The van der Waals surface area contributed by atoms with Gasteiger partial charge in [-0.15, -0.1) is 11.3 Å². The highest BCUT2D eigenvalue weighted by atomic mass is 35.5. The zero-order valence-electron chi connectivity index (χ0n) is 13.9. The standard InChI is InChI=1S/C17H12Cl2N4O3S/c1-17(9-2-3-11(18)12(19)6-9)14(25)23(15(26)21-17)8-10-7-13(24)22-4-5-27-16(22)20-10/h2-7H,8H2,1H3,(H,21,26). The van der Waals surface area contributed by atoms with Crippen molar-refractivity contribution in [1.82, 2.24) is 19.6 Å². The van der Waals surface area contributed by atoms with Crippen molar-refractivity contribution in [3.63, 3.8) is 0 Å². The lowest BCUT2D eigenvalue weighted by molar-refractivity contribution is -0.131. The van der Waals surface area contributed by atoms with E-state index in [1.807, 2.05) is 0 Å². The number of carbonyl (C=O) groups is 2. The van der Waals surface area contributed by atoms with Gasteiger partial charge in [-0.25, -0.2) is 9.78 Å². The summed E-state index contributed by atoms with van der Waals surface area (Å²) in [6.07, 6.45) is 1.62. The van der Waals surface area contributed by atoms with E-state index < -0.39 is 17.5 Å². The number of benzene rings is 1. The lowest BCUT2D eigenvalue weighted by Gasteiger charge is -2.22. The van der Waals surface area contributed by atoms with Crippen molar-refractivity contribution in [2.24, 2.45) is 0 Å². The maximum Gasteiger partial charge on any atom is 0.325 e. The molecule has 1 aromatic carbocycles. The van der Waals surface area contributed by atoms with E-state index in [1.165, 1.54) is 21.8 Å². The number of halogens is 2. The summed E-state index contributed by atoms with van der Waals surface area (Å²) in [5.41, 5.74) is -0.702. The summed E-state index contributed by atoms with van der Waals surface area (Å²) in [5, 5.41) is 5.07. The molecule has 1 unspecified atom stereocenters. The molecule has 3 aromatic rings. The summed E-state index contributed by atoms with van der Waals surface area (Å²) in [5.74, 6) is -0.459. The molecule has 0 aliphatic carbocycles. The van der Waals surface area contributed by atoms with E-state index in [1.54, 1.807) is 36.7 Å². The van der Waals surface area contributed by atoms with Crippen LogP contribution in [0.15, 0.2) is 40.6 Å². The Bertz CT molecular complexity index is 1160. The smallest absolute Gasteiger partial charge is 0.319 e. The van der Waals surface area contributed by atoms with Gasteiger partial charge >= 0.3 is 6.03 Å². The highest BCUT2D eigenvalue weighted by Crippen LogP contribution is 2.33. The van der Waals surface area contributed by atoms with Gasteiger partial charge in [0.15, 0.2) is 4.96 Å². The molecule has 0 radical (unpaired) electrons. The van der Waals surface area contributed by atoms with Gasteiger partial charge in [-0.3, -0.25) is 18.9 Å². The number of rotatable bonds is 3. The molecular formula is C17H12Cl2N4O3S. The van der Waals surface area contributed by atoms with Crippen molar-refractivity contribution in [2.45, 2.75) is 19.0 Å². The van der Waals surface area contributed by atoms with Crippen LogP contribution in [0.25, 0.3) is 4.96 Å². The quantitative estimate of drug-likeness (QED) is 0.657. The lowest BCUT2D eigenvalue weighted by atomic mass is 9.92. The van der Waals surface area contributed by atoms with Gasteiger partial charge in [-0.05, 0) is 24.6 Å². The third-order valence-electron chi connectivity index (χ3n) is 4.45. The molecule has 0 saturated carbocycles. The molecule has 27 heavy (non-hydrogen) atoms. The van der Waals surface area contributed by atoms with Gasteiger partial charge in [0.1, 0.15) is 5.54 Å². The molecule has 1 fully saturated rings. The average molecular weight is 423 g/mol. The number of aromatic nitrogens is 2. The summed E-state index contributed by atoms with van der Waals surface area (Å²) in [6, 6.07) is 5.50. The number of carbonyl (C=O) groups excluding carboxylic acids is 2. The highest BCUT2D eigenvalue weighted by molar-refractivity contribution is 7.15. The van der Waals surface area contributed by atoms with Crippen LogP contribution in [0.1, 0.15) is 18.2 Å². The van der Waals surface area contributed by atoms with E-state index in [9.17, 15) is 14.4 Å². The zero-order valence-corrected chi connectivity index (χ0v) is 16.2. The maximum absolute atomic E-state index is 13.0. The molecule has 1 saturated heterocycles. The third-order valence-corrected chi connectivity index (χ3v) is 5.94. The van der Waals surface area contributed by atoms with Crippen LogP contribution in [0.4, 0.5) is 4.79 Å². The molecule has 0 spiro atoms. The predicted molar refractivity (Wildman–Crippen MR) is 102 cm³/mol. The molecule has 2 aromatic heterocycles. The largest absolute Gasteiger partial charge is 0.325 e. The zero-order chi connectivity index (χ0) is 19.3. The second-order valence-electron chi connectivity index (χ2n) is 6.22. The number of amides is 3. The Labute approximate surface area is 167 Å². The summed E-state index contributed by atoms with van der Waals surface area (Å²) in [7, 11) is 0. The number of imide groups is 1. The number of fused-ring (bicyclic) bond motifs is 1. The summed E-state index contributed by atoms with van der Waals surface area (Å²) in [6.45, 7) is 1.49. The first-order valence-corrected chi connectivity index (χ1v) is 9.48. The van der Waals surface area contributed by atoms with Gasteiger partial charge < -0.3 is 5.32 Å². The van der Waals surface area contributed by atoms with Crippen molar-refractivity contribution in [1.29, 1.82) is 0 Å². The van der Waals surface area contributed by atoms with Crippen molar-refractivity contribution in [3.05, 3.63) is 67.5 Å². The Balaban J connectivity index is 1.67. The first kappa shape index (κ1) is 18.0. The van der Waals surface area contributed by atoms with Crippen molar-refractivity contribution < 1.29 is 9.59 Å². The molecular weight excluding hydrogens is 411 g/mol. The Morgan fingerprint density at radius 1 is 1.19 bits per heavy atom. The van der Waals surface area contributed by atoms with Gasteiger partial charge in [-0.1, -0.05) is 29.3 Å². The van der Waals surface area contributed by atoms with E-state index in [4.69, 9.17) is 23.2 Å². The number of hydrogen-bond donors (Lipinski definition) is 1. The highest BCUT2D eigenvalue weighted by Gasteiger charge is 2.49. The van der Waals surface area contributed by atoms with Gasteiger partial charge in [-0.2, -0.15) is 0 Å². The van der Waals surface area contributed by atoms with E-state index >= 15 is 0 Å². The van der Waals surface area contributed by atoms with Crippen LogP contribution < -0.4 is 10.9 Å². The number of nitrogens with one attached hydrogen (secondary N) is 1. The maximum atomic E-state index is 13.0. The Morgan fingerprint density at radius 3 is 2.70 bits per heavy atom. The fourth-order valence-corrected chi connectivity index (χ4v) is 4.01. The number of hydrogen-bond acceptors (Lipinski definition) is 5. The number of nitrogens with zero attached hydrogens (tertiary/aromatic N) is 3. The molecule has 0 bridgehead atoms. The first-order chi connectivity index (χ1) is 12.8. The van der Waals surface area contributed by atoms with Crippen molar-refractivity contribution >= 4 is 51.4 Å². The molecule has 3 amide bonds. The average Bonchev–Trinajstić information content (AvgIpc) is 3.17. The molecule has 3 heterocycles. The first-order valence-electron chi connectivity index (χ1n) is 7.85. The van der Waals surface area contributed by atoms with Crippen LogP contribution in [-0.2, 0) is 16.9 Å². The van der Waals surface area contributed by atoms with E-state index in [-0.39, 0.29) is 17.1 Å². The lowest BCUT2D eigenvalue weighted by Crippen LogP contribution is -2.40. The van der Waals surface area contributed by atoms with Crippen LogP contribution in [0.2, 0.25) is 10.0 Å². The van der Waals surface area contributed by atoms with E-state index in [0.717, 1.165) is 4.90 Å². The van der Waals surface area contributed by atoms with Crippen molar-refractivity contribution in [3.8, 4) is 0 Å². The number of thiazole rings is 1. The van der Waals surface area contributed by atoms with E-state index in [2.05, 4.69) is 10.3 Å². The Kier molecular flexibility index (Phi) is 4.21. The van der Waals surface area contributed by atoms with Gasteiger partial charge in [0.25, 0.3) is 11.5 Å². The molecule has 1 aliphatic rings. The van der Waals surface area contributed by atoms with Crippen LogP contribution in [-0.4, -0.2) is 26.2 Å². The predicted octanol–water partition coefficient (Wildman–Crippen LogP) is 3.03. The SMILES string of the molecule is CC1(c2ccc(Cl)c(Cl)c2)NC(=O)N(Cc2cc(=O)n3ccsc3n2)C1=O. The fraction of sp³-hybridized carbons (Fsp3) is 0.176. The van der Waals surface area contributed by atoms with Crippen LogP contribution in [0.3, 0.4) is 0 Å². The normalized spacial score (nSPS) is 19.7. The molecule has 1 atom stereocenters. The molecule has 1 aliphatic heterocycles. The third kappa shape index (κ3) is 2.90. The second-order valence-corrected chi connectivity index (χ2v) is 7.90. The van der Waals surface area contributed by atoms with Gasteiger partial charge in [0.2, 0.25) is 0 Å². The minimum absolute atomic E-state index is 0.106. The van der Waals surface area contributed by atoms with Crippen LogP contribution >= 0.6 is 34.5 Å². The summed E-state index contributed by atoms with van der Waals surface area (Å²) < 4.78 is 1.40. The van der Waals surface area contributed by atoms with Gasteiger partial charge in [0.05, 0.1) is 22.3 Å². The van der Waals surface area contributed by atoms with Gasteiger partial charge in [0, 0.05) is 17.6 Å². The molecule has 4 rings (SSSR count). The Hall–Kier alpha value is -2.42. The topological polar surface area (TPSA) is 83.8 Å². The molecule has 10 heteroatoms. The summed E-state index contributed by atoms with van der Waals surface area (Å²) in [4.78, 5) is 43.4. The molecule has 7 nitrogen and oxygen atoms in total. The summed E-state index contributed by atoms with van der Waals surface area (Å²) >= 11 is 13.3. The second kappa shape index (κ2) is 6.33. The van der Waals surface area contributed by atoms with Crippen LogP contribution in [0, 0.1) is 0 Å². The number of urea groups is 1. The Morgan fingerprint density at radius 2 is 1.96 bits per heavy atom. The van der Waals surface area contributed by atoms with Crippen molar-refractivity contribution in [2.75, 3.05) is 0 Å².